The highest BCUT2D eigenvalue weighted by Crippen LogP contribution is 2.51. The third-order valence-corrected chi connectivity index (χ3v) is 8.61. The number of aliphatic hydroxyl groups excluding tert-OH is 2. The third kappa shape index (κ3) is 2.96. The van der Waals surface area contributed by atoms with Gasteiger partial charge in [0.25, 0.3) is 0 Å². The highest BCUT2D eigenvalue weighted by molar-refractivity contribution is 5.06. The maximum atomic E-state index is 11.4. The number of rotatable bonds is 3. The smallest absolute Gasteiger partial charge is 0.141 e. The monoisotopic (exact) mass is 396 g/mol. The molecule has 8 heteroatoms. The van der Waals surface area contributed by atoms with Crippen molar-refractivity contribution in [3.05, 3.63) is 0 Å². The van der Waals surface area contributed by atoms with Crippen LogP contribution in [0.2, 0.25) is 0 Å². The molecule has 160 valence electrons. The predicted molar refractivity (Wildman–Crippen MR) is 103 cm³/mol. The van der Waals surface area contributed by atoms with E-state index in [0.717, 1.165) is 38.1 Å². The lowest BCUT2D eigenvalue weighted by atomic mass is 9.59. The van der Waals surface area contributed by atoms with Crippen molar-refractivity contribution in [1.82, 2.24) is 15.5 Å². The summed E-state index contributed by atoms with van der Waals surface area (Å²) in [5.41, 5.74) is 5.05. The van der Waals surface area contributed by atoms with Crippen LogP contribution in [-0.4, -0.2) is 75.9 Å². The number of nitrogens with zero attached hydrogens (tertiary/aromatic N) is 1. The summed E-state index contributed by atoms with van der Waals surface area (Å²) in [6, 6.07) is 0. The number of hydrogen-bond donors (Lipinski definition) is 6. The van der Waals surface area contributed by atoms with Crippen LogP contribution in [0.1, 0.15) is 45.4 Å². The molecule has 3 saturated heterocycles. The predicted octanol–water partition coefficient (Wildman–Crippen LogP) is -0.906. The molecule has 11 atom stereocenters. The second-order valence-corrected chi connectivity index (χ2v) is 10.0. The molecule has 5 fully saturated rings. The van der Waals surface area contributed by atoms with E-state index in [1.165, 1.54) is 12.8 Å². The highest BCUT2D eigenvalue weighted by Gasteiger charge is 2.58. The molecule has 0 aromatic carbocycles. The standard InChI is InChI=1S/C20H36N4O4/c1-20(27,12-5-4-10-2-3-11(10)8-12)16-14(25)15(26)19(28-16)24-7-6-13-17(21)22-9-23-18(13)24/h10-19,22-23,25-27H,2-9,21H2,1H3/t10?,11?,12?,13?,14-,15+,16-,17?,18?,19+,20-/m0/s1. The van der Waals surface area contributed by atoms with Crippen LogP contribution in [0, 0.1) is 23.7 Å². The largest absolute Gasteiger partial charge is 0.387 e. The molecule has 7 N–H and O–H groups in total. The molecule has 6 unspecified atom stereocenters. The van der Waals surface area contributed by atoms with Crippen molar-refractivity contribution in [1.29, 1.82) is 0 Å². The normalized spacial score (nSPS) is 53.9. The quantitative estimate of drug-likeness (QED) is 0.363. The summed E-state index contributed by atoms with van der Waals surface area (Å²) in [7, 11) is 0. The van der Waals surface area contributed by atoms with E-state index in [2.05, 4.69) is 15.5 Å². The van der Waals surface area contributed by atoms with Gasteiger partial charge in [0, 0.05) is 19.1 Å². The van der Waals surface area contributed by atoms with E-state index < -0.39 is 30.1 Å². The summed E-state index contributed by atoms with van der Waals surface area (Å²) in [4.78, 5) is 2.08. The van der Waals surface area contributed by atoms with Crippen LogP contribution in [0.3, 0.4) is 0 Å². The van der Waals surface area contributed by atoms with Crippen molar-refractivity contribution in [2.75, 3.05) is 13.2 Å². The van der Waals surface area contributed by atoms with E-state index in [4.69, 9.17) is 10.5 Å². The Balaban J connectivity index is 1.30. The Hall–Kier alpha value is -0.320. The van der Waals surface area contributed by atoms with Gasteiger partial charge in [0.15, 0.2) is 0 Å². The number of hydrogen-bond acceptors (Lipinski definition) is 8. The SMILES string of the molecule is C[C@](O)(C1CCC2CCC2C1)[C@H]1O[C@@H](N2CCC3C(N)NCNC32)[C@H](O)[C@@H]1O. The molecule has 5 rings (SSSR count). The Morgan fingerprint density at radius 2 is 1.79 bits per heavy atom. The first-order valence-electron chi connectivity index (χ1n) is 11.1. The molecule has 0 bridgehead atoms. The zero-order valence-corrected chi connectivity index (χ0v) is 16.7. The fraction of sp³-hybridized carbons (Fsp3) is 1.00. The van der Waals surface area contributed by atoms with Crippen molar-refractivity contribution in [2.24, 2.45) is 29.4 Å². The lowest BCUT2D eigenvalue weighted by Crippen LogP contribution is -2.64. The van der Waals surface area contributed by atoms with Crippen molar-refractivity contribution >= 4 is 0 Å². The second-order valence-electron chi connectivity index (χ2n) is 10.0. The first-order valence-corrected chi connectivity index (χ1v) is 11.1. The van der Waals surface area contributed by atoms with Crippen molar-refractivity contribution in [3.8, 4) is 0 Å². The molecule has 2 saturated carbocycles. The Morgan fingerprint density at radius 3 is 2.50 bits per heavy atom. The van der Waals surface area contributed by atoms with E-state index in [1.807, 2.05) is 0 Å². The van der Waals surface area contributed by atoms with Crippen LogP contribution in [0.15, 0.2) is 0 Å². The zero-order chi connectivity index (χ0) is 19.6. The summed E-state index contributed by atoms with van der Waals surface area (Å²) in [5, 5.41) is 39.7. The molecule has 3 heterocycles. The molecular formula is C20H36N4O4. The van der Waals surface area contributed by atoms with Crippen LogP contribution in [0.5, 0.6) is 0 Å². The van der Waals surface area contributed by atoms with Crippen LogP contribution >= 0.6 is 0 Å². The van der Waals surface area contributed by atoms with Crippen molar-refractivity contribution < 1.29 is 20.1 Å². The molecule has 28 heavy (non-hydrogen) atoms. The van der Waals surface area contributed by atoms with Gasteiger partial charge >= 0.3 is 0 Å². The first kappa shape index (κ1) is 19.6. The van der Waals surface area contributed by atoms with Gasteiger partial charge in [-0.05, 0) is 63.2 Å². The fourth-order valence-corrected chi connectivity index (χ4v) is 6.61. The van der Waals surface area contributed by atoms with Gasteiger partial charge < -0.3 is 25.8 Å². The van der Waals surface area contributed by atoms with Crippen LogP contribution in [0.25, 0.3) is 0 Å². The van der Waals surface area contributed by atoms with E-state index in [1.54, 1.807) is 6.92 Å². The molecular weight excluding hydrogens is 360 g/mol. The minimum absolute atomic E-state index is 0.0113. The molecule has 0 aromatic rings. The van der Waals surface area contributed by atoms with E-state index in [-0.39, 0.29) is 24.2 Å². The van der Waals surface area contributed by atoms with Gasteiger partial charge in [-0.15, -0.1) is 0 Å². The van der Waals surface area contributed by atoms with Gasteiger partial charge in [-0.2, -0.15) is 0 Å². The summed E-state index contributed by atoms with van der Waals surface area (Å²) in [6.07, 6.45) is 3.01. The molecule has 0 radical (unpaired) electrons. The van der Waals surface area contributed by atoms with Gasteiger partial charge in [0.1, 0.15) is 24.5 Å². The summed E-state index contributed by atoms with van der Waals surface area (Å²) < 4.78 is 6.23. The first-order chi connectivity index (χ1) is 13.4. The number of nitrogens with one attached hydrogen (secondary N) is 2. The fourth-order valence-electron chi connectivity index (χ4n) is 6.61. The van der Waals surface area contributed by atoms with Gasteiger partial charge in [-0.25, -0.2) is 0 Å². The Bertz CT molecular complexity index is 593. The van der Waals surface area contributed by atoms with Gasteiger partial charge in [-0.3, -0.25) is 15.5 Å². The summed E-state index contributed by atoms with van der Waals surface area (Å²) >= 11 is 0. The average Bonchev–Trinajstić information content (AvgIpc) is 3.19. The second kappa shape index (κ2) is 7.13. The maximum absolute atomic E-state index is 11.4. The van der Waals surface area contributed by atoms with Crippen LogP contribution in [0.4, 0.5) is 0 Å². The number of nitrogens with two attached hydrogens (primary N) is 1. The molecule has 5 aliphatic rings. The molecule has 0 spiro atoms. The average molecular weight is 397 g/mol. The topological polar surface area (TPSA) is 123 Å². The van der Waals surface area contributed by atoms with E-state index >= 15 is 0 Å². The van der Waals surface area contributed by atoms with Crippen molar-refractivity contribution in [2.45, 2.75) is 87.9 Å². The van der Waals surface area contributed by atoms with E-state index in [9.17, 15) is 15.3 Å². The molecule has 3 aliphatic heterocycles. The van der Waals surface area contributed by atoms with Crippen LogP contribution < -0.4 is 16.4 Å². The number of likely N-dealkylation sites (tertiary alicyclic amines) is 1. The molecule has 2 aliphatic carbocycles. The minimum atomic E-state index is -1.15. The highest BCUT2D eigenvalue weighted by atomic mass is 16.6. The van der Waals surface area contributed by atoms with E-state index in [0.29, 0.717) is 12.6 Å². The minimum Gasteiger partial charge on any atom is -0.387 e. The summed E-state index contributed by atoms with van der Waals surface area (Å²) in [5.74, 6) is 1.88. The maximum Gasteiger partial charge on any atom is 0.141 e. The van der Waals surface area contributed by atoms with Gasteiger partial charge in [0.2, 0.25) is 0 Å². The Morgan fingerprint density at radius 1 is 1.04 bits per heavy atom. The Kier molecular flexibility index (Phi) is 5.00. The molecule has 0 amide bonds. The molecule has 0 aromatic heterocycles. The number of aliphatic hydroxyl groups is 3. The third-order valence-electron chi connectivity index (χ3n) is 8.61. The molecule has 8 nitrogen and oxygen atoms in total. The summed E-state index contributed by atoms with van der Waals surface area (Å²) in [6.45, 7) is 3.15. The van der Waals surface area contributed by atoms with Crippen LogP contribution in [-0.2, 0) is 4.74 Å². The number of ether oxygens (including phenoxy) is 1. The lowest BCUT2D eigenvalue weighted by Gasteiger charge is -2.49. The number of fused-ring (bicyclic) bond motifs is 2. The van der Waals surface area contributed by atoms with Gasteiger partial charge in [0.05, 0.1) is 17.9 Å². The Labute approximate surface area is 166 Å². The van der Waals surface area contributed by atoms with Gasteiger partial charge in [-0.1, -0.05) is 0 Å². The lowest BCUT2D eigenvalue weighted by molar-refractivity contribution is -0.182. The zero-order valence-electron chi connectivity index (χ0n) is 16.7. The van der Waals surface area contributed by atoms with Crippen molar-refractivity contribution in [3.63, 3.8) is 0 Å².